The summed E-state index contributed by atoms with van der Waals surface area (Å²) in [6.45, 7) is 1.17. The molecular weight excluding hydrogens is 364 g/mol. The highest BCUT2D eigenvalue weighted by molar-refractivity contribution is 5.30. The van der Waals surface area contributed by atoms with Crippen LogP contribution in [0.15, 0.2) is 35.1 Å². The van der Waals surface area contributed by atoms with Crippen LogP contribution in [0.1, 0.15) is 80.9 Å². The fourth-order valence-corrected chi connectivity index (χ4v) is 5.27. The van der Waals surface area contributed by atoms with Crippen LogP contribution in [0.3, 0.4) is 0 Å². The molecule has 0 spiro atoms. The molecule has 0 N–H and O–H groups in total. The van der Waals surface area contributed by atoms with Crippen molar-refractivity contribution in [1.29, 1.82) is 0 Å². The quantitative estimate of drug-likeness (QED) is 0.732. The highest BCUT2D eigenvalue weighted by atomic mass is 16.6. The minimum Gasteiger partial charge on any atom is -0.490 e. The molecule has 5 rings (SSSR count). The molecule has 2 fully saturated rings. The molecule has 5 nitrogen and oxygen atoms in total. The molecule has 29 heavy (non-hydrogen) atoms. The molecule has 1 aliphatic heterocycles. The number of aromatic nitrogens is 2. The topological polar surface area (TPSA) is 53.4 Å². The van der Waals surface area contributed by atoms with Crippen molar-refractivity contribution in [3.8, 4) is 11.8 Å². The van der Waals surface area contributed by atoms with E-state index in [1.165, 1.54) is 50.5 Å². The number of hydrogen-bond donors (Lipinski definition) is 0. The van der Waals surface area contributed by atoms with Crippen molar-refractivity contribution in [3.05, 3.63) is 51.9 Å². The largest absolute Gasteiger partial charge is 0.490 e. The van der Waals surface area contributed by atoms with Gasteiger partial charge in [0.05, 0.1) is 6.54 Å². The number of fused-ring (bicyclic) bond motifs is 1. The lowest BCUT2D eigenvalue weighted by Crippen LogP contribution is -2.23. The summed E-state index contributed by atoms with van der Waals surface area (Å²) in [4.78, 5) is 16.1. The van der Waals surface area contributed by atoms with Gasteiger partial charge in [-0.1, -0.05) is 44.2 Å². The molecule has 154 valence electrons. The Balaban J connectivity index is 1.22. The van der Waals surface area contributed by atoms with Crippen molar-refractivity contribution in [2.45, 2.75) is 82.3 Å². The van der Waals surface area contributed by atoms with Gasteiger partial charge < -0.3 is 9.47 Å². The van der Waals surface area contributed by atoms with Crippen LogP contribution in [0.25, 0.3) is 0 Å². The van der Waals surface area contributed by atoms with Crippen LogP contribution in [0, 0.1) is 0 Å². The van der Waals surface area contributed by atoms with Crippen LogP contribution in [-0.2, 0) is 6.54 Å². The van der Waals surface area contributed by atoms with Gasteiger partial charge in [-0.25, -0.2) is 0 Å². The first kappa shape index (κ1) is 18.7. The fourth-order valence-electron chi connectivity index (χ4n) is 5.27. The SMILES string of the molecule is O=c1cc(C2CCCC2)n2c(n1)O[C@H](COc1ccc(C3CCCCC3)cc1)C2. The van der Waals surface area contributed by atoms with E-state index in [0.29, 0.717) is 31.0 Å². The molecule has 1 aromatic carbocycles. The molecule has 2 aliphatic carbocycles. The van der Waals surface area contributed by atoms with Crippen molar-refractivity contribution in [1.82, 2.24) is 9.55 Å². The first-order valence-corrected chi connectivity index (χ1v) is 11.3. The standard InChI is InChI=1S/C24H30N2O3/c27-23-14-22(19-8-4-5-9-19)26-15-21(29-24(26)25-23)16-28-20-12-10-18(11-13-20)17-6-2-1-3-7-17/h10-14,17,19,21H,1-9,15-16H2/t21-/m0/s1. The van der Waals surface area contributed by atoms with Gasteiger partial charge >= 0.3 is 0 Å². The van der Waals surface area contributed by atoms with E-state index in [4.69, 9.17) is 9.47 Å². The van der Waals surface area contributed by atoms with E-state index in [0.717, 1.165) is 24.3 Å². The van der Waals surface area contributed by atoms with Crippen LogP contribution in [0.2, 0.25) is 0 Å². The molecule has 0 radical (unpaired) electrons. The molecule has 3 aliphatic rings. The van der Waals surface area contributed by atoms with E-state index in [1.807, 2.05) is 0 Å². The predicted octanol–water partition coefficient (Wildman–Crippen LogP) is 4.79. The van der Waals surface area contributed by atoms with E-state index in [9.17, 15) is 4.79 Å². The Morgan fingerprint density at radius 2 is 1.66 bits per heavy atom. The molecule has 0 amide bonds. The Morgan fingerprint density at radius 3 is 2.41 bits per heavy atom. The Hall–Kier alpha value is -2.30. The van der Waals surface area contributed by atoms with Gasteiger partial charge in [-0.05, 0) is 55.2 Å². The number of rotatable bonds is 5. The number of nitrogens with zero attached hydrogens (tertiary/aromatic N) is 2. The first-order chi connectivity index (χ1) is 14.3. The summed E-state index contributed by atoms with van der Waals surface area (Å²) >= 11 is 0. The normalized spacial score (nSPS) is 22.4. The summed E-state index contributed by atoms with van der Waals surface area (Å²) < 4.78 is 14.1. The number of benzene rings is 1. The van der Waals surface area contributed by atoms with Gasteiger partial charge in [-0.2, -0.15) is 4.98 Å². The molecule has 2 saturated carbocycles. The molecule has 1 atom stereocenters. The minimum absolute atomic E-state index is 0.109. The van der Waals surface area contributed by atoms with Crippen molar-refractivity contribution < 1.29 is 9.47 Å². The predicted molar refractivity (Wildman–Crippen MR) is 112 cm³/mol. The Labute approximate surface area is 172 Å². The third-order valence-electron chi connectivity index (χ3n) is 6.84. The van der Waals surface area contributed by atoms with Gasteiger partial charge in [0.25, 0.3) is 11.6 Å². The summed E-state index contributed by atoms with van der Waals surface area (Å²) in [5.74, 6) is 2.05. The summed E-state index contributed by atoms with van der Waals surface area (Å²) in [5, 5.41) is 0. The lowest BCUT2D eigenvalue weighted by Gasteiger charge is -2.22. The second kappa shape index (κ2) is 8.21. The minimum atomic E-state index is -0.196. The van der Waals surface area contributed by atoms with Crippen LogP contribution in [0.5, 0.6) is 11.8 Å². The highest BCUT2D eigenvalue weighted by Gasteiger charge is 2.30. The summed E-state index contributed by atoms with van der Waals surface area (Å²) in [6.07, 6.45) is 11.4. The van der Waals surface area contributed by atoms with Gasteiger partial charge in [-0.3, -0.25) is 9.36 Å². The third kappa shape index (κ3) is 4.05. The zero-order valence-corrected chi connectivity index (χ0v) is 17.0. The molecule has 1 aromatic heterocycles. The van der Waals surface area contributed by atoms with Crippen LogP contribution in [0.4, 0.5) is 0 Å². The molecular formula is C24H30N2O3. The van der Waals surface area contributed by atoms with E-state index >= 15 is 0 Å². The van der Waals surface area contributed by atoms with E-state index < -0.39 is 0 Å². The molecule has 0 saturated heterocycles. The Kier molecular flexibility index (Phi) is 5.30. The van der Waals surface area contributed by atoms with Crippen molar-refractivity contribution in [3.63, 3.8) is 0 Å². The average molecular weight is 395 g/mol. The fraction of sp³-hybridized carbons (Fsp3) is 0.583. The summed E-state index contributed by atoms with van der Waals surface area (Å²) in [5.41, 5.74) is 2.33. The molecule has 2 heterocycles. The van der Waals surface area contributed by atoms with Crippen LogP contribution < -0.4 is 15.0 Å². The zero-order chi connectivity index (χ0) is 19.6. The molecule has 0 unspecified atom stereocenters. The van der Waals surface area contributed by atoms with Crippen molar-refractivity contribution >= 4 is 0 Å². The number of ether oxygens (including phenoxy) is 2. The monoisotopic (exact) mass is 394 g/mol. The third-order valence-corrected chi connectivity index (χ3v) is 6.84. The smallest absolute Gasteiger partial charge is 0.300 e. The van der Waals surface area contributed by atoms with Crippen molar-refractivity contribution in [2.75, 3.05) is 6.61 Å². The van der Waals surface area contributed by atoms with Gasteiger partial charge in [0.1, 0.15) is 12.4 Å². The summed E-state index contributed by atoms with van der Waals surface area (Å²) in [6, 6.07) is 10.8. The van der Waals surface area contributed by atoms with Crippen LogP contribution in [-0.4, -0.2) is 22.3 Å². The molecule has 0 bridgehead atoms. The van der Waals surface area contributed by atoms with Crippen LogP contribution >= 0.6 is 0 Å². The lowest BCUT2D eigenvalue weighted by atomic mass is 9.84. The average Bonchev–Trinajstić information content (AvgIpc) is 3.42. The zero-order valence-electron chi connectivity index (χ0n) is 17.0. The van der Waals surface area contributed by atoms with Gasteiger partial charge in [0, 0.05) is 11.8 Å². The van der Waals surface area contributed by atoms with E-state index in [-0.39, 0.29) is 11.7 Å². The second-order valence-electron chi connectivity index (χ2n) is 8.85. The van der Waals surface area contributed by atoms with Gasteiger partial charge in [-0.15, -0.1) is 0 Å². The highest BCUT2D eigenvalue weighted by Crippen LogP contribution is 2.36. The van der Waals surface area contributed by atoms with Gasteiger partial charge in [0.2, 0.25) is 0 Å². The second-order valence-corrected chi connectivity index (χ2v) is 8.85. The first-order valence-electron chi connectivity index (χ1n) is 11.3. The maximum absolute atomic E-state index is 12.0. The molecule has 2 aromatic rings. The number of hydrogen-bond acceptors (Lipinski definition) is 4. The molecule has 5 heteroatoms. The van der Waals surface area contributed by atoms with Crippen molar-refractivity contribution in [2.24, 2.45) is 0 Å². The van der Waals surface area contributed by atoms with E-state index in [1.54, 1.807) is 6.07 Å². The maximum atomic E-state index is 12.0. The van der Waals surface area contributed by atoms with Gasteiger partial charge in [0.15, 0.2) is 6.10 Å². The Bertz CT molecular complexity index is 893. The van der Waals surface area contributed by atoms with E-state index in [2.05, 4.69) is 33.8 Å². The maximum Gasteiger partial charge on any atom is 0.300 e. The lowest BCUT2D eigenvalue weighted by molar-refractivity contribution is 0.143. The summed E-state index contributed by atoms with van der Waals surface area (Å²) in [7, 11) is 0. The Morgan fingerprint density at radius 1 is 0.966 bits per heavy atom.